The molecule has 4 rings (SSSR count). The quantitative estimate of drug-likeness (QED) is 0.890. The Balaban J connectivity index is 1.46. The highest BCUT2D eigenvalue weighted by Crippen LogP contribution is 2.36. The van der Waals surface area contributed by atoms with Crippen LogP contribution in [0.4, 0.5) is 10.5 Å². The van der Waals surface area contributed by atoms with E-state index in [2.05, 4.69) is 15.6 Å². The third-order valence-corrected chi connectivity index (χ3v) is 5.18. The van der Waals surface area contributed by atoms with Crippen LogP contribution in [0.25, 0.3) is 10.9 Å². The van der Waals surface area contributed by atoms with Gasteiger partial charge in [-0.1, -0.05) is 0 Å². The normalized spacial score (nSPS) is 23.1. The third-order valence-electron chi connectivity index (χ3n) is 5.18. The molecule has 6 heteroatoms. The number of carbonyl (C=O) groups excluding carboxylic acids is 1. The van der Waals surface area contributed by atoms with Crippen LogP contribution >= 0.6 is 0 Å². The molecule has 2 saturated heterocycles. The van der Waals surface area contributed by atoms with Crippen molar-refractivity contribution in [2.45, 2.75) is 12.8 Å². The molecule has 2 amide bonds. The summed E-state index contributed by atoms with van der Waals surface area (Å²) < 4.78 is 5.14. The van der Waals surface area contributed by atoms with Crippen LogP contribution in [0.5, 0.6) is 5.88 Å². The summed E-state index contributed by atoms with van der Waals surface area (Å²) in [5.74, 6) is 0.590. The molecule has 1 atom stereocenters. The van der Waals surface area contributed by atoms with E-state index in [1.165, 1.54) is 6.42 Å². The Hall–Kier alpha value is -2.34. The summed E-state index contributed by atoms with van der Waals surface area (Å²) in [6.45, 7) is 3.77. The van der Waals surface area contributed by atoms with E-state index in [9.17, 15) is 4.79 Å². The van der Waals surface area contributed by atoms with E-state index < -0.39 is 0 Å². The number of ether oxygens (including phenoxy) is 1. The van der Waals surface area contributed by atoms with Gasteiger partial charge in [0.05, 0.1) is 12.6 Å². The Labute approximate surface area is 141 Å². The fourth-order valence-corrected chi connectivity index (χ4v) is 3.75. The summed E-state index contributed by atoms with van der Waals surface area (Å²) in [6.07, 6.45) is 2.26. The van der Waals surface area contributed by atoms with Crippen molar-refractivity contribution in [3.8, 4) is 5.88 Å². The van der Waals surface area contributed by atoms with Crippen LogP contribution in [-0.2, 0) is 0 Å². The van der Waals surface area contributed by atoms with Gasteiger partial charge in [-0.15, -0.1) is 0 Å². The number of amides is 2. The number of fused-ring (bicyclic) bond motifs is 1. The monoisotopic (exact) mass is 326 g/mol. The molecule has 0 bridgehead atoms. The van der Waals surface area contributed by atoms with Crippen LogP contribution in [-0.4, -0.2) is 49.2 Å². The molecule has 2 aromatic rings. The maximum absolute atomic E-state index is 12.6. The Morgan fingerprint density at radius 2 is 2.25 bits per heavy atom. The number of benzene rings is 1. The number of rotatable bonds is 2. The van der Waals surface area contributed by atoms with Crippen molar-refractivity contribution in [1.82, 2.24) is 15.2 Å². The minimum Gasteiger partial charge on any atom is -0.481 e. The molecule has 1 unspecified atom stereocenters. The summed E-state index contributed by atoms with van der Waals surface area (Å²) in [6, 6.07) is 9.49. The number of likely N-dealkylation sites (tertiary alicyclic amines) is 1. The van der Waals surface area contributed by atoms with Gasteiger partial charge in [-0.3, -0.25) is 0 Å². The van der Waals surface area contributed by atoms with Gasteiger partial charge in [0.1, 0.15) is 0 Å². The lowest BCUT2D eigenvalue weighted by molar-refractivity contribution is 0.215. The summed E-state index contributed by atoms with van der Waals surface area (Å²) in [5.41, 5.74) is 1.94. The minimum absolute atomic E-state index is 0.0143. The van der Waals surface area contributed by atoms with Gasteiger partial charge in [0.25, 0.3) is 0 Å². The van der Waals surface area contributed by atoms with Gasteiger partial charge >= 0.3 is 6.03 Å². The average molecular weight is 326 g/mol. The number of hydrogen-bond donors (Lipinski definition) is 2. The number of hydrogen-bond acceptors (Lipinski definition) is 4. The van der Waals surface area contributed by atoms with E-state index in [0.29, 0.717) is 11.3 Å². The number of anilines is 1. The molecule has 1 aromatic heterocycles. The van der Waals surface area contributed by atoms with Crippen LogP contribution in [0.3, 0.4) is 0 Å². The van der Waals surface area contributed by atoms with E-state index in [1.54, 1.807) is 7.11 Å². The second kappa shape index (κ2) is 5.94. The number of nitrogens with zero attached hydrogens (tertiary/aromatic N) is 2. The maximum Gasteiger partial charge on any atom is 0.321 e. The van der Waals surface area contributed by atoms with E-state index in [0.717, 1.165) is 49.2 Å². The van der Waals surface area contributed by atoms with Gasteiger partial charge in [0.2, 0.25) is 5.88 Å². The van der Waals surface area contributed by atoms with Crippen molar-refractivity contribution in [2.24, 2.45) is 5.41 Å². The molecule has 126 valence electrons. The number of pyridine rings is 1. The van der Waals surface area contributed by atoms with Crippen molar-refractivity contribution in [2.75, 3.05) is 38.6 Å². The second-order valence-corrected chi connectivity index (χ2v) is 6.79. The molecule has 24 heavy (non-hydrogen) atoms. The van der Waals surface area contributed by atoms with Crippen LogP contribution < -0.4 is 15.4 Å². The lowest BCUT2D eigenvalue weighted by Crippen LogP contribution is -2.36. The Kier molecular flexibility index (Phi) is 3.76. The second-order valence-electron chi connectivity index (χ2n) is 6.79. The SMILES string of the molecule is COc1ccc2cc(NC(=O)N3CCC4(CCNC4)C3)ccc2n1. The van der Waals surface area contributed by atoms with Crippen LogP contribution in [0.15, 0.2) is 30.3 Å². The largest absolute Gasteiger partial charge is 0.481 e. The van der Waals surface area contributed by atoms with Crippen LogP contribution in [0, 0.1) is 5.41 Å². The van der Waals surface area contributed by atoms with E-state index in [-0.39, 0.29) is 6.03 Å². The highest BCUT2D eigenvalue weighted by atomic mass is 16.5. The van der Waals surface area contributed by atoms with Gasteiger partial charge in [-0.05, 0) is 43.7 Å². The zero-order valence-electron chi connectivity index (χ0n) is 13.8. The topological polar surface area (TPSA) is 66.5 Å². The molecule has 3 heterocycles. The number of carbonyl (C=O) groups is 1. The van der Waals surface area contributed by atoms with Crippen molar-refractivity contribution in [1.29, 1.82) is 0 Å². The number of aromatic nitrogens is 1. The molecule has 6 nitrogen and oxygen atoms in total. The number of urea groups is 1. The van der Waals surface area contributed by atoms with Gasteiger partial charge in [0, 0.05) is 42.2 Å². The molecular weight excluding hydrogens is 304 g/mol. The number of methoxy groups -OCH3 is 1. The predicted molar refractivity (Wildman–Crippen MR) is 93.4 cm³/mol. The molecule has 0 saturated carbocycles. The fraction of sp³-hybridized carbons (Fsp3) is 0.444. The maximum atomic E-state index is 12.6. The summed E-state index contributed by atoms with van der Waals surface area (Å²) in [7, 11) is 1.60. The molecule has 0 aliphatic carbocycles. The van der Waals surface area contributed by atoms with Crippen molar-refractivity contribution in [3.63, 3.8) is 0 Å². The zero-order valence-corrected chi connectivity index (χ0v) is 13.8. The summed E-state index contributed by atoms with van der Waals surface area (Å²) in [5, 5.41) is 7.41. The van der Waals surface area contributed by atoms with Crippen LogP contribution in [0.2, 0.25) is 0 Å². The summed E-state index contributed by atoms with van der Waals surface area (Å²) in [4.78, 5) is 18.9. The minimum atomic E-state index is -0.0143. The molecular formula is C18H22N4O2. The number of nitrogens with one attached hydrogen (secondary N) is 2. The lowest BCUT2D eigenvalue weighted by Gasteiger charge is -2.23. The zero-order chi connectivity index (χ0) is 16.6. The van der Waals surface area contributed by atoms with E-state index >= 15 is 0 Å². The Bertz CT molecular complexity index is 771. The van der Waals surface area contributed by atoms with E-state index in [1.807, 2.05) is 35.2 Å². The summed E-state index contributed by atoms with van der Waals surface area (Å²) >= 11 is 0. The fourth-order valence-electron chi connectivity index (χ4n) is 3.75. The highest BCUT2D eigenvalue weighted by molar-refractivity contribution is 5.92. The first-order chi connectivity index (χ1) is 11.7. The van der Waals surface area contributed by atoms with Crippen molar-refractivity contribution >= 4 is 22.6 Å². The molecule has 0 radical (unpaired) electrons. The van der Waals surface area contributed by atoms with Crippen molar-refractivity contribution in [3.05, 3.63) is 30.3 Å². The van der Waals surface area contributed by atoms with Gasteiger partial charge in [-0.2, -0.15) is 0 Å². The van der Waals surface area contributed by atoms with Crippen LogP contribution in [0.1, 0.15) is 12.8 Å². The molecule has 2 aliphatic heterocycles. The van der Waals surface area contributed by atoms with Crippen molar-refractivity contribution < 1.29 is 9.53 Å². The molecule has 1 spiro atoms. The standard InChI is InChI=1S/C18H22N4O2/c1-24-16-5-2-13-10-14(3-4-15(13)21-16)20-17(23)22-9-7-18(12-22)6-8-19-11-18/h2-5,10,19H,6-9,11-12H2,1H3,(H,20,23). The Morgan fingerprint density at radius 3 is 3.04 bits per heavy atom. The molecule has 1 aromatic carbocycles. The smallest absolute Gasteiger partial charge is 0.321 e. The predicted octanol–water partition coefficient (Wildman–Crippen LogP) is 2.46. The first-order valence-electron chi connectivity index (χ1n) is 8.39. The first-order valence-corrected chi connectivity index (χ1v) is 8.39. The lowest BCUT2D eigenvalue weighted by atomic mass is 9.87. The van der Waals surface area contributed by atoms with Gasteiger partial charge < -0.3 is 20.3 Å². The molecule has 2 aliphatic rings. The average Bonchev–Trinajstić information content (AvgIpc) is 3.24. The van der Waals surface area contributed by atoms with Gasteiger partial charge in [0.15, 0.2) is 0 Å². The molecule has 2 fully saturated rings. The Morgan fingerprint density at radius 1 is 1.33 bits per heavy atom. The highest BCUT2D eigenvalue weighted by Gasteiger charge is 2.41. The van der Waals surface area contributed by atoms with E-state index in [4.69, 9.17) is 4.74 Å². The first kappa shape index (κ1) is 15.2. The van der Waals surface area contributed by atoms with Gasteiger partial charge in [-0.25, -0.2) is 9.78 Å². The molecule has 2 N–H and O–H groups in total. The third kappa shape index (κ3) is 2.78.